The fourth-order valence-corrected chi connectivity index (χ4v) is 2.32. The van der Waals surface area contributed by atoms with Gasteiger partial charge in [-0.05, 0) is 31.2 Å². The Balaban J connectivity index is 0.00000243. The number of rotatable bonds is 6. The Bertz CT molecular complexity index is 835. The zero-order chi connectivity index (χ0) is 17.5. The number of furan rings is 1. The lowest BCUT2D eigenvalue weighted by Crippen LogP contribution is -2.36. The van der Waals surface area contributed by atoms with Crippen LogP contribution in [0.2, 0.25) is 5.02 Å². The summed E-state index contributed by atoms with van der Waals surface area (Å²) in [6.07, 6.45) is 1.63. The van der Waals surface area contributed by atoms with Crippen molar-refractivity contribution in [1.82, 2.24) is 20.8 Å². The van der Waals surface area contributed by atoms with Crippen molar-refractivity contribution in [2.75, 3.05) is 6.54 Å². The van der Waals surface area contributed by atoms with Crippen LogP contribution in [0.4, 0.5) is 0 Å². The highest BCUT2D eigenvalue weighted by Gasteiger charge is 2.09. The summed E-state index contributed by atoms with van der Waals surface area (Å²) in [5, 5.41) is 10.9. The maximum absolute atomic E-state index is 5.99. The zero-order valence-corrected chi connectivity index (χ0v) is 17.2. The van der Waals surface area contributed by atoms with Crippen molar-refractivity contribution in [1.29, 1.82) is 0 Å². The molecule has 0 spiro atoms. The average molecular weight is 488 g/mol. The van der Waals surface area contributed by atoms with Crippen LogP contribution in [0.15, 0.2) is 56.6 Å². The fraction of sp³-hybridized carbons (Fsp3) is 0.235. The van der Waals surface area contributed by atoms with Crippen LogP contribution in [-0.2, 0) is 13.1 Å². The molecule has 0 unspecified atom stereocenters. The lowest BCUT2D eigenvalue weighted by atomic mass is 10.2. The molecule has 0 aliphatic rings. The number of nitrogens with zero attached hydrogens (tertiary/aromatic N) is 3. The minimum absolute atomic E-state index is 0. The van der Waals surface area contributed by atoms with E-state index in [4.69, 9.17) is 20.5 Å². The Morgan fingerprint density at radius 3 is 2.85 bits per heavy atom. The monoisotopic (exact) mass is 487 g/mol. The van der Waals surface area contributed by atoms with Crippen molar-refractivity contribution in [2.45, 2.75) is 20.0 Å². The van der Waals surface area contributed by atoms with Crippen molar-refractivity contribution in [3.8, 4) is 11.4 Å². The van der Waals surface area contributed by atoms with Gasteiger partial charge in [0, 0.05) is 17.1 Å². The Morgan fingerprint density at radius 2 is 2.12 bits per heavy atom. The number of hydrogen-bond acceptors (Lipinski definition) is 5. The molecule has 0 fully saturated rings. The molecule has 0 aliphatic heterocycles. The van der Waals surface area contributed by atoms with Crippen molar-refractivity contribution in [2.24, 2.45) is 4.99 Å². The second kappa shape index (κ2) is 10.2. The smallest absolute Gasteiger partial charge is 0.246 e. The first-order valence-corrected chi connectivity index (χ1v) is 8.25. The van der Waals surface area contributed by atoms with Gasteiger partial charge >= 0.3 is 0 Å². The molecule has 1 aromatic carbocycles. The van der Waals surface area contributed by atoms with Gasteiger partial charge in [-0.25, -0.2) is 4.99 Å². The quantitative estimate of drug-likeness (QED) is 0.312. The SMILES string of the molecule is CCNC(=NCc1ccco1)NCc1nc(-c2cccc(Cl)c2)no1.I. The third-order valence-electron chi connectivity index (χ3n) is 3.28. The van der Waals surface area contributed by atoms with E-state index < -0.39 is 0 Å². The molecule has 138 valence electrons. The van der Waals surface area contributed by atoms with Crippen LogP contribution in [0.3, 0.4) is 0 Å². The van der Waals surface area contributed by atoms with E-state index in [1.54, 1.807) is 18.4 Å². The van der Waals surface area contributed by atoms with Gasteiger partial charge in [0.25, 0.3) is 0 Å². The van der Waals surface area contributed by atoms with Gasteiger partial charge in [0.1, 0.15) is 12.3 Å². The molecular formula is C17H19ClIN5O2. The zero-order valence-electron chi connectivity index (χ0n) is 14.1. The van der Waals surface area contributed by atoms with Gasteiger partial charge in [-0.1, -0.05) is 28.9 Å². The molecule has 0 bridgehead atoms. The summed E-state index contributed by atoms with van der Waals surface area (Å²) >= 11 is 5.99. The summed E-state index contributed by atoms with van der Waals surface area (Å²) in [6.45, 7) is 3.53. The fourth-order valence-electron chi connectivity index (χ4n) is 2.13. The molecule has 0 amide bonds. The van der Waals surface area contributed by atoms with Crippen LogP contribution in [0.25, 0.3) is 11.4 Å². The molecule has 0 saturated heterocycles. The molecule has 0 radical (unpaired) electrons. The summed E-state index contributed by atoms with van der Waals surface area (Å²) in [4.78, 5) is 8.80. The standard InChI is InChI=1S/C17H18ClN5O2.HI/c1-2-19-17(20-10-14-7-4-8-24-14)21-11-15-22-16(23-25-15)12-5-3-6-13(18)9-12;/h3-9H,2,10-11H2,1H3,(H2,19,20,21);1H. The minimum Gasteiger partial charge on any atom is -0.467 e. The largest absolute Gasteiger partial charge is 0.467 e. The van der Waals surface area contributed by atoms with E-state index >= 15 is 0 Å². The number of aliphatic imine (C=N–C) groups is 1. The Morgan fingerprint density at radius 1 is 1.23 bits per heavy atom. The maximum atomic E-state index is 5.99. The van der Waals surface area contributed by atoms with Crippen LogP contribution in [0.5, 0.6) is 0 Å². The summed E-state index contributed by atoms with van der Waals surface area (Å²) in [5.41, 5.74) is 0.806. The molecule has 7 nitrogen and oxygen atoms in total. The van der Waals surface area contributed by atoms with Crippen LogP contribution in [0, 0.1) is 0 Å². The summed E-state index contributed by atoms with van der Waals surface area (Å²) in [6, 6.07) is 11.0. The number of aromatic nitrogens is 2. The van der Waals surface area contributed by atoms with Crippen LogP contribution >= 0.6 is 35.6 Å². The summed E-state index contributed by atoms with van der Waals surface area (Å²) in [5.74, 6) is 2.38. The van der Waals surface area contributed by atoms with E-state index in [1.807, 2.05) is 31.2 Å². The number of halogens is 2. The summed E-state index contributed by atoms with van der Waals surface area (Å²) in [7, 11) is 0. The molecule has 2 N–H and O–H groups in total. The third kappa shape index (κ3) is 5.73. The molecule has 0 saturated carbocycles. The van der Waals surface area contributed by atoms with Crippen molar-refractivity contribution < 1.29 is 8.94 Å². The normalized spacial score (nSPS) is 11.1. The molecule has 2 aromatic heterocycles. The first-order chi connectivity index (χ1) is 12.2. The second-order valence-electron chi connectivity index (χ2n) is 5.15. The number of benzene rings is 1. The lowest BCUT2D eigenvalue weighted by molar-refractivity contribution is 0.375. The first kappa shape index (κ1) is 20.2. The maximum Gasteiger partial charge on any atom is 0.246 e. The Hall–Kier alpha value is -2.07. The van der Waals surface area contributed by atoms with E-state index in [1.165, 1.54) is 0 Å². The molecule has 9 heteroatoms. The average Bonchev–Trinajstić information content (AvgIpc) is 3.29. The highest BCUT2D eigenvalue weighted by molar-refractivity contribution is 14.0. The molecule has 0 atom stereocenters. The van der Waals surface area contributed by atoms with Crippen LogP contribution in [0.1, 0.15) is 18.6 Å². The van der Waals surface area contributed by atoms with Gasteiger partial charge in [-0.3, -0.25) is 0 Å². The number of guanidine groups is 1. The van der Waals surface area contributed by atoms with E-state index in [0.29, 0.717) is 35.8 Å². The highest BCUT2D eigenvalue weighted by atomic mass is 127. The molecule has 0 aliphatic carbocycles. The minimum atomic E-state index is 0. The number of hydrogen-bond donors (Lipinski definition) is 2. The third-order valence-corrected chi connectivity index (χ3v) is 3.51. The Labute approximate surface area is 173 Å². The van der Waals surface area contributed by atoms with Gasteiger partial charge in [0.05, 0.1) is 12.8 Å². The topological polar surface area (TPSA) is 88.5 Å². The number of nitrogens with one attached hydrogen (secondary N) is 2. The first-order valence-electron chi connectivity index (χ1n) is 7.87. The lowest BCUT2D eigenvalue weighted by Gasteiger charge is -2.08. The van der Waals surface area contributed by atoms with E-state index in [9.17, 15) is 0 Å². The molecule has 3 rings (SSSR count). The van der Waals surface area contributed by atoms with E-state index in [2.05, 4.69) is 25.8 Å². The second-order valence-corrected chi connectivity index (χ2v) is 5.59. The predicted octanol–water partition coefficient (Wildman–Crippen LogP) is 3.86. The predicted molar refractivity (Wildman–Crippen MR) is 111 cm³/mol. The molecule has 3 aromatic rings. The molecule has 2 heterocycles. The van der Waals surface area contributed by atoms with E-state index in [-0.39, 0.29) is 24.0 Å². The van der Waals surface area contributed by atoms with Crippen molar-refractivity contribution >= 4 is 41.5 Å². The highest BCUT2D eigenvalue weighted by Crippen LogP contribution is 2.19. The Kier molecular flexibility index (Phi) is 7.92. The van der Waals surface area contributed by atoms with Gasteiger partial charge in [-0.15, -0.1) is 24.0 Å². The summed E-state index contributed by atoms with van der Waals surface area (Å²) < 4.78 is 10.5. The van der Waals surface area contributed by atoms with Crippen molar-refractivity contribution in [3.05, 3.63) is 59.3 Å². The van der Waals surface area contributed by atoms with Crippen LogP contribution < -0.4 is 10.6 Å². The van der Waals surface area contributed by atoms with Gasteiger partial charge < -0.3 is 19.6 Å². The van der Waals surface area contributed by atoms with E-state index in [0.717, 1.165) is 17.9 Å². The van der Waals surface area contributed by atoms with Crippen LogP contribution in [-0.4, -0.2) is 22.6 Å². The molecule has 26 heavy (non-hydrogen) atoms. The van der Waals surface area contributed by atoms with Crippen molar-refractivity contribution in [3.63, 3.8) is 0 Å². The van der Waals surface area contributed by atoms with Gasteiger partial charge in [0.15, 0.2) is 5.96 Å². The molecular weight excluding hydrogens is 469 g/mol. The van der Waals surface area contributed by atoms with Gasteiger partial charge in [-0.2, -0.15) is 4.98 Å². The van der Waals surface area contributed by atoms with Gasteiger partial charge in [0.2, 0.25) is 11.7 Å².